The molecule has 0 radical (unpaired) electrons. The van der Waals surface area contributed by atoms with E-state index in [1.165, 1.54) is 22.6 Å². The molecule has 2 N–H and O–H groups in total. The molecule has 3 aromatic carbocycles. The first kappa shape index (κ1) is 28.0. The lowest BCUT2D eigenvalue weighted by atomic mass is 9.93. The van der Waals surface area contributed by atoms with Crippen molar-refractivity contribution in [3.63, 3.8) is 0 Å². The molecular formula is C31H36ClN3O3S. The molecular weight excluding hydrogens is 530 g/mol. The van der Waals surface area contributed by atoms with Gasteiger partial charge in [-0.1, -0.05) is 54.1 Å². The Morgan fingerprint density at radius 3 is 2.62 bits per heavy atom. The molecule has 0 amide bonds. The Morgan fingerprint density at radius 1 is 1.08 bits per heavy atom. The number of sulfone groups is 1. The summed E-state index contributed by atoms with van der Waals surface area (Å²) in [7, 11) is -3.32. The van der Waals surface area contributed by atoms with Crippen molar-refractivity contribution in [1.82, 2.24) is 15.2 Å². The van der Waals surface area contributed by atoms with Crippen LogP contribution in [0, 0.1) is 0 Å². The summed E-state index contributed by atoms with van der Waals surface area (Å²) in [6.07, 6.45) is 3.43. The van der Waals surface area contributed by atoms with Crippen LogP contribution in [-0.4, -0.2) is 60.4 Å². The molecule has 1 saturated heterocycles. The van der Waals surface area contributed by atoms with E-state index in [-0.39, 0.29) is 16.5 Å². The fraction of sp³-hybridized carbons (Fsp3) is 0.387. The molecule has 0 aliphatic carbocycles. The predicted molar refractivity (Wildman–Crippen MR) is 159 cm³/mol. The molecule has 0 unspecified atom stereocenters. The van der Waals surface area contributed by atoms with Crippen molar-refractivity contribution in [2.24, 2.45) is 0 Å². The Kier molecular flexibility index (Phi) is 8.00. The molecule has 8 heteroatoms. The van der Waals surface area contributed by atoms with Crippen LogP contribution in [0.5, 0.6) is 0 Å². The Balaban J connectivity index is 1.24. The van der Waals surface area contributed by atoms with E-state index in [4.69, 9.17) is 11.6 Å². The van der Waals surface area contributed by atoms with E-state index < -0.39 is 15.9 Å². The number of nitrogens with one attached hydrogen (secondary N) is 1. The summed E-state index contributed by atoms with van der Waals surface area (Å²) in [5.74, 6) is 0. The maximum Gasteiger partial charge on any atom is 0.175 e. The zero-order chi connectivity index (χ0) is 27.8. The molecule has 6 nitrogen and oxygen atoms in total. The van der Waals surface area contributed by atoms with Crippen molar-refractivity contribution < 1.29 is 13.5 Å². The molecule has 2 heterocycles. The molecule has 206 valence electrons. The van der Waals surface area contributed by atoms with Crippen molar-refractivity contribution in [1.29, 1.82) is 0 Å². The Hall–Kier alpha value is -2.55. The second-order valence-corrected chi connectivity index (χ2v) is 13.8. The SMILES string of the molecule is CC(C)(Cc1ccc2ccccc2c1)NC[C@@H](O)[C@H]1CCCN1Cc1cc2cc(S(C)(=O)=O)ccc2nc1Cl. The van der Waals surface area contributed by atoms with Gasteiger partial charge in [0.05, 0.1) is 16.5 Å². The van der Waals surface area contributed by atoms with Crippen LogP contribution in [-0.2, 0) is 22.8 Å². The van der Waals surface area contributed by atoms with Crippen LogP contribution in [0.25, 0.3) is 21.7 Å². The van der Waals surface area contributed by atoms with Crippen molar-refractivity contribution in [3.8, 4) is 0 Å². The van der Waals surface area contributed by atoms with E-state index in [1.54, 1.807) is 18.2 Å². The summed E-state index contributed by atoms with van der Waals surface area (Å²) in [5.41, 5.74) is 2.57. The fourth-order valence-corrected chi connectivity index (χ4v) is 6.52. The molecule has 39 heavy (non-hydrogen) atoms. The number of halogens is 1. The average molecular weight is 566 g/mol. The van der Waals surface area contributed by atoms with E-state index in [1.807, 2.05) is 6.07 Å². The van der Waals surface area contributed by atoms with Crippen LogP contribution in [0.2, 0.25) is 5.15 Å². The number of rotatable bonds is 9. The number of aliphatic hydroxyl groups is 1. The second kappa shape index (κ2) is 11.1. The van der Waals surface area contributed by atoms with E-state index in [0.717, 1.165) is 36.8 Å². The summed E-state index contributed by atoms with van der Waals surface area (Å²) >= 11 is 6.54. The van der Waals surface area contributed by atoms with Crippen molar-refractivity contribution in [2.45, 2.75) is 62.2 Å². The van der Waals surface area contributed by atoms with Crippen LogP contribution in [0.1, 0.15) is 37.8 Å². The molecule has 1 aliphatic heterocycles. The highest BCUT2D eigenvalue weighted by Crippen LogP contribution is 2.28. The van der Waals surface area contributed by atoms with Gasteiger partial charge in [0.1, 0.15) is 5.15 Å². The molecule has 0 spiro atoms. The van der Waals surface area contributed by atoms with Gasteiger partial charge in [0.2, 0.25) is 0 Å². The Bertz CT molecular complexity index is 1610. The number of fused-ring (bicyclic) bond motifs is 2. The van der Waals surface area contributed by atoms with Crippen LogP contribution in [0.3, 0.4) is 0 Å². The molecule has 1 aromatic heterocycles. The van der Waals surface area contributed by atoms with E-state index in [0.29, 0.717) is 23.8 Å². The predicted octanol–water partition coefficient (Wildman–Crippen LogP) is 5.38. The van der Waals surface area contributed by atoms with Gasteiger partial charge in [-0.3, -0.25) is 4.90 Å². The highest BCUT2D eigenvalue weighted by molar-refractivity contribution is 7.90. The lowest BCUT2D eigenvalue weighted by Gasteiger charge is -2.33. The standard InChI is InChI=1S/C31H36ClN3O3S/c1-31(2,18-21-10-11-22-7-4-5-8-23(22)15-21)33-19-29(36)28-9-6-14-35(28)20-25-16-24-17-26(39(3,37)38)12-13-27(24)34-30(25)32/h4-5,7-8,10-13,15-17,28-29,33,36H,6,9,14,18-20H2,1-3H3/t28-,29-/m1/s1. The van der Waals surface area contributed by atoms with Crippen LogP contribution in [0.15, 0.2) is 71.6 Å². The van der Waals surface area contributed by atoms with Crippen molar-refractivity contribution >= 4 is 43.1 Å². The topological polar surface area (TPSA) is 82.5 Å². The summed E-state index contributed by atoms with van der Waals surface area (Å²) in [6.45, 7) is 6.25. The quantitative estimate of drug-likeness (QED) is 0.265. The van der Waals surface area contributed by atoms with Gasteiger partial charge in [-0.2, -0.15) is 0 Å². The van der Waals surface area contributed by atoms with Crippen molar-refractivity contribution in [3.05, 3.63) is 83.0 Å². The third-order valence-electron chi connectivity index (χ3n) is 7.72. The van der Waals surface area contributed by atoms with Gasteiger partial charge >= 0.3 is 0 Å². The number of β-amino-alcohol motifs (C(OH)–C–C–N with tert-alkyl or cyclic N) is 1. The number of pyridine rings is 1. The van der Waals surface area contributed by atoms with Crippen LogP contribution >= 0.6 is 11.6 Å². The Morgan fingerprint density at radius 2 is 1.85 bits per heavy atom. The zero-order valence-corrected chi connectivity index (χ0v) is 24.3. The normalized spacial score (nSPS) is 17.7. The first-order valence-corrected chi connectivity index (χ1v) is 15.7. The maximum absolute atomic E-state index is 12.0. The van der Waals surface area contributed by atoms with E-state index >= 15 is 0 Å². The molecule has 0 saturated carbocycles. The summed E-state index contributed by atoms with van der Waals surface area (Å²) < 4.78 is 24.0. The number of likely N-dealkylation sites (tertiary alicyclic amines) is 1. The monoisotopic (exact) mass is 565 g/mol. The van der Waals surface area contributed by atoms with Gasteiger partial charge < -0.3 is 10.4 Å². The van der Waals surface area contributed by atoms with Gasteiger partial charge in [0.25, 0.3) is 0 Å². The van der Waals surface area contributed by atoms with E-state index in [9.17, 15) is 13.5 Å². The van der Waals surface area contributed by atoms with Gasteiger partial charge in [-0.05, 0) is 80.3 Å². The van der Waals surface area contributed by atoms with Gasteiger partial charge in [0.15, 0.2) is 9.84 Å². The molecule has 0 bridgehead atoms. The highest BCUT2D eigenvalue weighted by Gasteiger charge is 2.32. The van der Waals surface area contributed by atoms with Gasteiger partial charge in [0, 0.05) is 41.9 Å². The third-order valence-corrected chi connectivity index (χ3v) is 9.16. The van der Waals surface area contributed by atoms with Crippen LogP contribution in [0.4, 0.5) is 0 Å². The molecule has 1 aliphatic rings. The molecule has 1 fully saturated rings. The first-order chi connectivity index (χ1) is 18.5. The number of aromatic nitrogens is 1. The summed E-state index contributed by atoms with van der Waals surface area (Å²) in [5, 5.41) is 18.4. The third kappa shape index (κ3) is 6.61. The molecule has 2 atom stereocenters. The number of nitrogens with zero attached hydrogens (tertiary/aromatic N) is 2. The summed E-state index contributed by atoms with van der Waals surface area (Å²) in [6, 6.07) is 21.8. The minimum atomic E-state index is -3.32. The van der Waals surface area contributed by atoms with E-state index in [2.05, 4.69) is 71.5 Å². The Labute approximate surface area is 235 Å². The second-order valence-electron chi connectivity index (χ2n) is 11.4. The minimum absolute atomic E-state index is 0.00286. The fourth-order valence-electron chi connectivity index (χ4n) is 5.66. The lowest BCUT2D eigenvalue weighted by molar-refractivity contribution is 0.0633. The van der Waals surface area contributed by atoms with Crippen LogP contribution < -0.4 is 5.32 Å². The summed E-state index contributed by atoms with van der Waals surface area (Å²) in [4.78, 5) is 7.03. The molecule has 4 aromatic rings. The minimum Gasteiger partial charge on any atom is -0.390 e. The largest absolute Gasteiger partial charge is 0.390 e. The van der Waals surface area contributed by atoms with Crippen molar-refractivity contribution in [2.75, 3.05) is 19.3 Å². The lowest BCUT2D eigenvalue weighted by Crippen LogP contribution is -2.50. The number of benzene rings is 3. The zero-order valence-electron chi connectivity index (χ0n) is 22.7. The number of hydrogen-bond acceptors (Lipinski definition) is 6. The number of hydrogen-bond donors (Lipinski definition) is 2. The maximum atomic E-state index is 12.0. The van der Waals surface area contributed by atoms with Gasteiger partial charge in [-0.15, -0.1) is 0 Å². The first-order valence-electron chi connectivity index (χ1n) is 13.4. The van der Waals surface area contributed by atoms with Gasteiger partial charge in [-0.25, -0.2) is 13.4 Å². The smallest absolute Gasteiger partial charge is 0.175 e. The molecule has 5 rings (SSSR count). The number of aliphatic hydroxyl groups excluding tert-OH is 1. The average Bonchev–Trinajstić information content (AvgIpc) is 3.35. The highest BCUT2D eigenvalue weighted by atomic mass is 35.5.